The predicted octanol–water partition coefficient (Wildman–Crippen LogP) is 1.45. The van der Waals surface area contributed by atoms with E-state index in [1.54, 1.807) is 13.4 Å². The van der Waals surface area contributed by atoms with Crippen LogP contribution in [0.3, 0.4) is 0 Å². The summed E-state index contributed by atoms with van der Waals surface area (Å²) in [6.45, 7) is 6.19. The van der Waals surface area contributed by atoms with Crippen LogP contribution in [0.2, 0.25) is 0 Å². The number of nitrogens with zero attached hydrogens (tertiary/aromatic N) is 2. The molecule has 0 aliphatic heterocycles. The van der Waals surface area contributed by atoms with Crippen molar-refractivity contribution in [1.82, 2.24) is 9.55 Å². The van der Waals surface area contributed by atoms with E-state index in [0.29, 0.717) is 13.2 Å². The third-order valence-corrected chi connectivity index (χ3v) is 1.90. The largest absolute Gasteiger partial charge is 0.383 e. The number of hydrogen-bond acceptors (Lipinski definition) is 3. The fourth-order valence-electron chi connectivity index (χ4n) is 1.11. The van der Waals surface area contributed by atoms with Gasteiger partial charge < -0.3 is 14.0 Å². The first-order chi connectivity index (χ1) is 6.74. The fourth-order valence-corrected chi connectivity index (χ4v) is 1.11. The van der Waals surface area contributed by atoms with Crippen LogP contribution in [0.4, 0.5) is 0 Å². The van der Waals surface area contributed by atoms with Crippen molar-refractivity contribution in [3.8, 4) is 0 Å². The quantitative estimate of drug-likeness (QED) is 0.694. The van der Waals surface area contributed by atoms with Crippen molar-refractivity contribution >= 4 is 0 Å². The molecule has 0 unspecified atom stereocenters. The Morgan fingerprint density at radius 2 is 2.29 bits per heavy atom. The van der Waals surface area contributed by atoms with Gasteiger partial charge in [0.1, 0.15) is 0 Å². The van der Waals surface area contributed by atoms with Gasteiger partial charge in [0.15, 0.2) is 0 Å². The molecule has 0 fully saturated rings. The van der Waals surface area contributed by atoms with E-state index < -0.39 is 0 Å². The highest BCUT2D eigenvalue weighted by molar-refractivity contribution is 4.96. The average molecular weight is 198 g/mol. The van der Waals surface area contributed by atoms with Gasteiger partial charge in [-0.3, -0.25) is 0 Å². The Hall–Kier alpha value is -0.870. The number of methoxy groups -OCH3 is 1. The van der Waals surface area contributed by atoms with E-state index in [-0.39, 0.29) is 6.10 Å². The molecule has 0 bridgehead atoms. The average Bonchev–Trinajstić information content (AvgIpc) is 2.58. The molecule has 1 rings (SSSR count). The molecule has 0 amide bonds. The molecule has 80 valence electrons. The minimum absolute atomic E-state index is 0.251. The first-order valence-electron chi connectivity index (χ1n) is 4.83. The third-order valence-electron chi connectivity index (χ3n) is 1.90. The van der Waals surface area contributed by atoms with Crippen LogP contribution >= 0.6 is 0 Å². The van der Waals surface area contributed by atoms with Gasteiger partial charge in [-0.05, 0) is 13.8 Å². The Morgan fingerprint density at radius 3 is 2.93 bits per heavy atom. The van der Waals surface area contributed by atoms with Crippen molar-refractivity contribution in [2.45, 2.75) is 33.1 Å². The summed E-state index contributed by atoms with van der Waals surface area (Å²) in [7, 11) is 1.70. The number of imidazole rings is 1. The highest BCUT2D eigenvalue weighted by Crippen LogP contribution is 2.03. The smallest absolute Gasteiger partial charge is 0.0949 e. The zero-order chi connectivity index (χ0) is 10.4. The van der Waals surface area contributed by atoms with Crippen molar-refractivity contribution < 1.29 is 9.47 Å². The summed E-state index contributed by atoms with van der Waals surface area (Å²) >= 11 is 0. The molecule has 0 saturated carbocycles. The minimum atomic E-state index is 0.251. The first-order valence-corrected chi connectivity index (χ1v) is 4.83. The number of ether oxygens (including phenoxy) is 2. The van der Waals surface area contributed by atoms with Gasteiger partial charge in [-0.25, -0.2) is 4.98 Å². The third kappa shape index (κ3) is 3.47. The van der Waals surface area contributed by atoms with E-state index >= 15 is 0 Å². The molecule has 0 N–H and O–H groups in total. The fraction of sp³-hybridized carbons (Fsp3) is 0.700. The lowest BCUT2D eigenvalue weighted by atomic mass is 10.4. The van der Waals surface area contributed by atoms with Gasteiger partial charge in [0.2, 0.25) is 0 Å². The van der Waals surface area contributed by atoms with Gasteiger partial charge in [-0.1, -0.05) is 0 Å². The second-order valence-corrected chi connectivity index (χ2v) is 3.43. The maximum atomic E-state index is 5.51. The van der Waals surface area contributed by atoms with Gasteiger partial charge in [-0.15, -0.1) is 0 Å². The van der Waals surface area contributed by atoms with E-state index in [2.05, 4.69) is 4.98 Å². The van der Waals surface area contributed by atoms with Crippen LogP contribution in [0.15, 0.2) is 12.5 Å². The Balaban J connectivity index is 2.45. The summed E-state index contributed by atoms with van der Waals surface area (Å²) in [5, 5.41) is 0. The van der Waals surface area contributed by atoms with E-state index in [4.69, 9.17) is 9.47 Å². The highest BCUT2D eigenvalue weighted by Gasteiger charge is 2.02. The van der Waals surface area contributed by atoms with Gasteiger partial charge in [0.05, 0.1) is 37.5 Å². The molecule has 4 heteroatoms. The van der Waals surface area contributed by atoms with Crippen LogP contribution in [0.25, 0.3) is 0 Å². The predicted molar refractivity (Wildman–Crippen MR) is 54.0 cm³/mol. The van der Waals surface area contributed by atoms with E-state index in [1.165, 1.54) is 0 Å². The summed E-state index contributed by atoms with van der Waals surface area (Å²) in [6, 6.07) is 0. The lowest BCUT2D eigenvalue weighted by molar-refractivity contribution is 0.0609. The summed E-state index contributed by atoms with van der Waals surface area (Å²) in [5.41, 5.74) is 1.09. The van der Waals surface area contributed by atoms with E-state index in [1.807, 2.05) is 24.6 Å². The van der Waals surface area contributed by atoms with E-state index in [0.717, 1.165) is 12.2 Å². The van der Waals surface area contributed by atoms with Crippen LogP contribution < -0.4 is 0 Å². The molecule has 0 aliphatic carbocycles. The molecule has 0 aliphatic rings. The number of aromatic nitrogens is 2. The Kier molecular flexibility index (Phi) is 4.62. The summed E-state index contributed by atoms with van der Waals surface area (Å²) < 4.78 is 12.6. The van der Waals surface area contributed by atoms with Gasteiger partial charge in [0, 0.05) is 13.7 Å². The van der Waals surface area contributed by atoms with Crippen molar-refractivity contribution in [2.75, 3.05) is 13.7 Å². The number of hydrogen-bond donors (Lipinski definition) is 0. The van der Waals surface area contributed by atoms with Crippen molar-refractivity contribution in [1.29, 1.82) is 0 Å². The summed E-state index contributed by atoms with van der Waals surface area (Å²) in [5.74, 6) is 0. The monoisotopic (exact) mass is 198 g/mol. The van der Waals surface area contributed by atoms with Gasteiger partial charge in [-0.2, -0.15) is 0 Å². The first kappa shape index (κ1) is 11.2. The highest BCUT2D eigenvalue weighted by atomic mass is 16.5. The molecular weight excluding hydrogens is 180 g/mol. The topological polar surface area (TPSA) is 36.3 Å². The molecule has 14 heavy (non-hydrogen) atoms. The second-order valence-electron chi connectivity index (χ2n) is 3.43. The molecule has 1 aromatic heterocycles. The molecule has 0 radical (unpaired) electrons. The summed E-state index contributed by atoms with van der Waals surface area (Å²) in [6.07, 6.45) is 3.89. The molecular formula is C10H18N2O2. The van der Waals surface area contributed by atoms with Crippen LogP contribution in [-0.4, -0.2) is 29.4 Å². The maximum absolute atomic E-state index is 5.51. The standard InChI is InChI=1S/C10H18N2O2/c1-9(2)14-7-10-6-11-8-12(10)4-5-13-3/h6,8-9H,4-5,7H2,1-3H3. The lowest BCUT2D eigenvalue weighted by Crippen LogP contribution is -2.10. The molecule has 1 aromatic rings. The zero-order valence-corrected chi connectivity index (χ0v) is 9.06. The Morgan fingerprint density at radius 1 is 1.50 bits per heavy atom. The van der Waals surface area contributed by atoms with Crippen molar-refractivity contribution in [3.05, 3.63) is 18.2 Å². The Labute approximate surface area is 84.9 Å². The van der Waals surface area contributed by atoms with E-state index in [9.17, 15) is 0 Å². The van der Waals surface area contributed by atoms with Crippen LogP contribution in [-0.2, 0) is 22.6 Å². The summed E-state index contributed by atoms with van der Waals surface area (Å²) in [4.78, 5) is 4.08. The van der Waals surface area contributed by atoms with Crippen molar-refractivity contribution in [3.63, 3.8) is 0 Å². The molecule has 0 saturated heterocycles. The second kappa shape index (κ2) is 5.78. The SMILES string of the molecule is COCCn1cncc1COC(C)C. The zero-order valence-electron chi connectivity index (χ0n) is 9.06. The lowest BCUT2D eigenvalue weighted by Gasteiger charge is -2.10. The molecule has 0 atom stereocenters. The molecule has 0 spiro atoms. The molecule has 4 nitrogen and oxygen atoms in total. The normalized spacial score (nSPS) is 11.1. The number of rotatable bonds is 6. The maximum Gasteiger partial charge on any atom is 0.0949 e. The van der Waals surface area contributed by atoms with Crippen LogP contribution in [0.1, 0.15) is 19.5 Å². The minimum Gasteiger partial charge on any atom is -0.383 e. The molecule has 0 aromatic carbocycles. The van der Waals surface area contributed by atoms with Gasteiger partial charge >= 0.3 is 0 Å². The van der Waals surface area contributed by atoms with Gasteiger partial charge in [0.25, 0.3) is 0 Å². The van der Waals surface area contributed by atoms with Crippen molar-refractivity contribution in [2.24, 2.45) is 0 Å². The van der Waals surface area contributed by atoms with Crippen LogP contribution in [0.5, 0.6) is 0 Å². The Bertz CT molecular complexity index is 258. The van der Waals surface area contributed by atoms with Crippen LogP contribution in [0, 0.1) is 0 Å². The molecule has 1 heterocycles.